The predicted molar refractivity (Wildman–Crippen MR) is 76.7 cm³/mol. The summed E-state index contributed by atoms with van der Waals surface area (Å²) in [7, 11) is 0. The van der Waals surface area contributed by atoms with Crippen LogP contribution in [0, 0.1) is 11.3 Å². The lowest BCUT2D eigenvalue weighted by atomic mass is 10.2. The molecule has 0 fully saturated rings. The monoisotopic (exact) mass is 271 g/mol. The lowest BCUT2D eigenvalue weighted by Gasteiger charge is -2.11. The van der Waals surface area contributed by atoms with Crippen molar-refractivity contribution in [3.63, 3.8) is 0 Å². The van der Waals surface area contributed by atoms with E-state index in [1.54, 1.807) is 13.1 Å². The van der Waals surface area contributed by atoms with Crippen LogP contribution in [0.5, 0.6) is 0 Å². The number of hydrogen-bond acceptors (Lipinski definition) is 5. The van der Waals surface area contributed by atoms with Crippen LogP contribution in [-0.4, -0.2) is 30.3 Å². The molecule has 0 saturated heterocycles. The van der Waals surface area contributed by atoms with Gasteiger partial charge in [0.2, 0.25) is 0 Å². The fourth-order valence-electron chi connectivity index (χ4n) is 1.37. The van der Waals surface area contributed by atoms with Crippen molar-refractivity contribution >= 4 is 12.2 Å². The Morgan fingerprint density at radius 2 is 2.10 bits per heavy atom. The summed E-state index contributed by atoms with van der Waals surface area (Å²) >= 11 is 0. The normalized spacial score (nSPS) is 11.2. The summed E-state index contributed by atoms with van der Waals surface area (Å²) < 4.78 is 4.79. The lowest BCUT2D eigenvalue weighted by molar-refractivity contribution is -0.138. The summed E-state index contributed by atoms with van der Waals surface area (Å²) in [4.78, 5) is 11.5. The Kier molecular flexibility index (Phi) is 6.55. The van der Waals surface area contributed by atoms with Gasteiger partial charge in [0.1, 0.15) is 6.07 Å². The first kappa shape index (κ1) is 15.4. The maximum absolute atomic E-state index is 11.5. The first-order valence-corrected chi connectivity index (χ1v) is 6.36. The van der Waals surface area contributed by atoms with Crippen LogP contribution in [0.4, 0.5) is 0 Å². The minimum Gasteiger partial charge on any atom is -0.462 e. The van der Waals surface area contributed by atoms with E-state index in [0.29, 0.717) is 6.54 Å². The molecule has 0 bridgehead atoms. The fraction of sp³-hybridized carbons (Fsp3) is 0.267. The molecule has 0 spiro atoms. The molecule has 20 heavy (non-hydrogen) atoms. The summed E-state index contributed by atoms with van der Waals surface area (Å²) in [5.41, 5.74) is 0.868. The Hall–Kier alpha value is -2.61. The average Bonchev–Trinajstić information content (AvgIpc) is 2.49. The van der Waals surface area contributed by atoms with Crippen molar-refractivity contribution in [2.75, 3.05) is 13.2 Å². The third kappa shape index (κ3) is 4.94. The van der Waals surface area contributed by atoms with Crippen LogP contribution in [0.2, 0.25) is 0 Å². The van der Waals surface area contributed by atoms with Gasteiger partial charge in [0.05, 0.1) is 12.8 Å². The van der Waals surface area contributed by atoms with Crippen LogP contribution in [-0.2, 0) is 9.53 Å². The van der Waals surface area contributed by atoms with E-state index in [1.807, 2.05) is 43.3 Å². The largest absolute Gasteiger partial charge is 0.462 e. The maximum atomic E-state index is 11.5. The van der Waals surface area contributed by atoms with Gasteiger partial charge in [0, 0.05) is 12.7 Å². The number of rotatable bonds is 6. The second kappa shape index (κ2) is 8.48. The Morgan fingerprint density at radius 3 is 2.65 bits per heavy atom. The van der Waals surface area contributed by atoms with Crippen LogP contribution in [0.3, 0.4) is 0 Å². The van der Waals surface area contributed by atoms with Gasteiger partial charge in [-0.1, -0.05) is 30.3 Å². The molecular weight excluding hydrogens is 254 g/mol. The minimum absolute atomic E-state index is 0.0705. The number of esters is 1. The molecule has 5 heteroatoms. The number of carbonyl (C=O) groups is 1. The van der Waals surface area contributed by atoms with E-state index in [1.165, 1.54) is 11.2 Å². The summed E-state index contributed by atoms with van der Waals surface area (Å²) in [5.74, 6) is -0.636. The summed E-state index contributed by atoms with van der Waals surface area (Å²) in [6.07, 6.45) is 3.05. The van der Waals surface area contributed by atoms with Crippen molar-refractivity contribution < 1.29 is 9.53 Å². The third-order valence-corrected chi connectivity index (χ3v) is 2.37. The zero-order valence-electron chi connectivity index (χ0n) is 11.6. The van der Waals surface area contributed by atoms with E-state index in [2.05, 4.69) is 5.10 Å². The van der Waals surface area contributed by atoms with Crippen molar-refractivity contribution in [1.29, 1.82) is 5.26 Å². The van der Waals surface area contributed by atoms with Crippen molar-refractivity contribution in [3.05, 3.63) is 47.7 Å². The van der Waals surface area contributed by atoms with Crippen LogP contribution >= 0.6 is 0 Å². The SMILES string of the molecule is CCOC(=O)/C(C#N)=C/N(CC)/N=C/c1ccccc1. The van der Waals surface area contributed by atoms with E-state index >= 15 is 0 Å². The number of carbonyl (C=O) groups excluding carboxylic acids is 1. The van der Waals surface area contributed by atoms with Crippen LogP contribution < -0.4 is 0 Å². The number of hydrogen-bond donors (Lipinski definition) is 0. The summed E-state index contributed by atoms with van der Waals surface area (Å²) in [6, 6.07) is 11.4. The van der Waals surface area contributed by atoms with Gasteiger partial charge >= 0.3 is 5.97 Å². The maximum Gasteiger partial charge on any atom is 0.350 e. The molecule has 1 aromatic carbocycles. The molecule has 1 rings (SSSR count). The first-order chi connectivity index (χ1) is 9.71. The van der Waals surface area contributed by atoms with E-state index in [9.17, 15) is 4.79 Å². The molecule has 0 amide bonds. The molecule has 0 saturated carbocycles. The number of nitriles is 1. The molecule has 1 aromatic rings. The van der Waals surface area contributed by atoms with E-state index < -0.39 is 5.97 Å². The van der Waals surface area contributed by atoms with Gasteiger partial charge in [0.25, 0.3) is 0 Å². The molecule has 0 unspecified atom stereocenters. The summed E-state index contributed by atoms with van der Waals surface area (Å²) in [6.45, 7) is 4.34. The Labute approximate surface area is 118 Å². The van der Waals surface area contributed by atoms with Crippen molar-refractivity contribution in [2.24, 2.45) is 5.10 Å². The quantitative estimate of drug-likeness (QED) is 0.262. The highest BCUT2D eigenvalue weighted by Gasteiger charge is 2.10. The highest BCUT2D eigenvalue weighted by molar-refractivity contribution is 5.92. The van der Waals surface area contributed by atoms with Crippen molar-refractivity contribution in [2.45, 2.75) is 13.8 Å². The molecular formula is C15H17N3O2. The lowest BCUT2D eigenvalue weighted by Crippen LogP contribution is -2.14. The van der Waals surface area contributed by atoms with Crippen LogP contribution in [0.15, 0.2) is 47.2 Å². The van der Waals surface area contributed by atoms with Gasteiger partial charge in [-0.05, 0) is 19.4 Å². The second-order valence-electron chi connectivity index (χ2n) is 3.79. The van der Waals surface area contributed by atoms with Gasteiger partial charge in [-0.2, -0.15) is 10.4 Å². The number of ether oxygens (including phenoxy) is 1. The van der Waals surface area contributed by atoms with Crippen LogP contribution in [0.25, 0.3) is 0 Å². The summed E-state index contributed by atoms with van der Waals surface area (Å²) in [5, 5.41) is 14.7. The first-order valence-electron chi connectivity index (χ1n) is 6.36. The number of nitrogens with zero attached hydrogens (tertiary/aromatic N) is 3. The molecule has 5 nitrogen and oxygen atoms in total. The Balaban J connectivity index is 2.83. The molecule has 0 aliphatic heterocycles. The second-order valence-corrected chi connectivity index (χ2v) is 3.79. The molecule has 0 aromatic heterocycles. The topological polar surface area (TPSA) is 65.7 Å². The standard InChI is InChI=1S/C15H17N3O2/c1-3-18(12-14(10-16)15(19)20-4-2)17-11-13-8-6-5-7-9-13/h5-9,11-12H,3-4H2,1-2H3/b14-12+,17-11+. The molecule has 0 atom stereocenters. The van der Waals surface area contributed by atoms with Crippen molar-refractivity contribution in [3.8, 4) is 6.07 Å². The number of benzene rings is 1. The zero-order valence-corrected chi connectivity index (χ0v) is 11.6. The van der Waals surface area contributed by atoms with Gasteiger partial charge in [-0.25, -0.2) is 4.79 Å². The van der Waals surface area contributed by atoms with Gasteiger partial charge in [-0.3, -0.25) is 5.01 Å². The molecule has 104 valence electrons. The van der Waals surface area contributed by atoms with E-state index in [-0.39, 0.29) is 12.2 Å². The smallest absolute Gasteiger partial charge is 0.350 e. The van der Waals surface area contributed by atoms with E-state index in [0.717, 1.165) is 5.56 Å². The highest BCUT2D eigenvalue weighted by Crippen LogP contribution is 2.02. The minimum atomic E-state index is -0.636. The predicted octanol–water partition coefficient (Wildman–Crippen LogP) is 2.31. The van der Waals surface area contributed by atoms with E-state index in [4.69, 9.17) is 10.00 Å². The van der Waals surface area contributed by atoms with Crippen molar-refractivity contribution in [1.82, 2.24) is 5.01 Å². The fourth-order valence-corrected chi connectivity index (χ4v) is 1.37. The average molecular weight is 271 g/mol. The molecule has 0 heterocycles. The molecule has 0 aliphatic carbocycles. The van der Waals surface area contributed by atoms with Gasteiger partial charge in [0.15, 0.2) is 5.57 Å². The Morgan fingerprint density at radius 1 is 1.40 bits per heavy atom. The van der Waals surface area contributed by atoms with Gasteiger partial charge in [-0.15, -0.1) is 0 Å². The zero-order chi connectivity index (χ0) is 14.8. The number of hydrazone groups is 1. The molecule has 0 N–H and O–H groups in total. The van der Waals surface area contributed by atoms with Crippen LogP contribution in [0.1, 0.15) is 19.4 Å². The Bertz CT molecular complexity index is 530. The molecule has 0 aliphatic rings. The van der Waals surface area contributed by atoms with Gasteiger partial charge < -0.3 is 4.74 Å². The third-order valence-electron chi connectivity index (χ3n) is 2.37. The highest BCUT2D eigenvalue weighted by atomic mass is 16.5. The molecule has 0 radical (unpaired) electrons.